The first-order valence-corrected chi connectivity index (χ1v) is 8.20. The molecule has 2 aliphatic heterocycles. The monoisotopic (exact) mass is 343 g/mol. The van der Waals surface area contributed by atoms with Gasteiger partial charge in [0.1, 0.15) is 6.17 Å². The second-order valence-corrected chi connectivity index (χ2v) is 6.22. The Morgan fingerprint density at radius 3 is 2.84 bits per heavy atom. The van der Waals surface area contributed by atoms with E-state index in [9.17, 15) is 13.6 Å². The zero-order chi connectivity index (χ0) is 17.4. The van der Waals surface area contributed by atoms with E-state index in [1.807, 2.05) is 23.1 Å². The Labute approximate surface area is 144 Å². The molecule has 1 radical (unpaired) electrons. The number of ether oxygens (including phenoxy) is 1. The summed E-state index contributed by atoms with van der Waals surface area (Å²) in [5.74, 6) is -1.74. The van der Waals surface area contributed by atoms with Crippen molar-refractivity contribution in [3.8, 4) is 11.1 Å². The van der Waals surface area contributed by atoms with Crippen LogP contribution in [-0.2, 0) is 16.1 Å². The van der Waals surface area contributed by atoms with Crippen LogP contribution in [0.4, 0.5) is 14.5 Å². The zero-order valence-electron chi connectivity index (χ0n) is 13.5. The molecule has 2 heterocycles. The smallest absolute Gasteiger partial charge is 0.211 e. The lowest BCUT2D eigenvalue weighted by Crippen LogP contribution is -2.45. The van der Waals surface area contributed by atoms with Crippen molar-refractivity contribution in [3.63, 3.8) is 0 Å². The van der Waals surface area contributed by atoms with E-state index < -0.39 is 11.6 Å². The maximum Gasteiger partial charge on any atom is 0.211 e. The number of anilines is 1. The summed E-state index contributed by atoms with van der Waals surface area (Å²) in [6.45, 7) is 2.70. The van der Waals surface area contributed by atoms with Gasteiger partial charge >= 0.3 is 0 Å². The number of carbonyl (C=O) groups excluding carboxylic acids is 1. The van der Waals surface area contributed by atoms with Crippen molar-refractivity contribution in [3.05, 3.63) is 60.3 Å². The Morgan fingerprint density at radius 2 is 2.04 bits per heavy atom. The lowest BCUT2D eigenvalue weighted by Gasteiger charge is -2.38. The highest BCUT2D eigenvalue weighted by atomic mass is 19.2. The van der Waals surface area contributed by atoms with E-state index in [-0.39, 0.29) is 6.17 Å². The Hall–Kier alpha value is -2.47. The molecule has 1 amide bonds. The second-order valence-electron chi connectivity index (χ2n) is 6.22. The van der Waals surface area contributed by atoms with Gasteiger partial charge in [-0.1, -0.05) is 18.2 Å². The number of carbonyl (C=O) groups is 1. The highest BCUT2D eigenvalue weighted by Gasteiger charge is 2.33. The van der Waals surface area contributed by atoms with Gasteiger partial charge in [-0.15, -0.1) is 0 Å². The van der Waals surface area contributed by atoms with Crippen LogP contribution in [0.2, 0.25) is 0 Å². The number of fused-ring (bicyclic) bond motifs is 1. The molecule has 1 unspecified atom stereocenters. The number of benzene rings is 2. The maximum absolute atomic E-state index is 13.6. The minimum absolute atomic E-state index is 0.0863. The standard InChI is InChI=1S/C19H17F2N2O2/c20-16-7-6-13(9-17(16)21)14-3-1-4-18-15(14)10-25-12-23(18)19-5-2-8-22(19)11-24/h1,3-4,6-7,9,11-12,19H,2,5,8,10H2. The van der Waals surface area contributed by atoms with Crippen LogP contribution in [0.25, 0.3) is 11.1 Å². The van der Waals surface area contributed by atoms with Crippen LogP contribution in [0.1, 0.15) is 18.4 Å². The van der Waals surface area contributed by atoms with E-state index in [2.05, 4.69) is 0 Å². The lowest BCUT2D eigenvalue weighted by atomic mass is 9.97. The van der Waals surface area contributed by atoms with Crippen LogP contribution in [0.5, 0.6) is 0 Å². The van der Waals surface area contributed by atoms with Gasteiger partial charge in [0.2, 0.25) is 6.41 Å². The number of likely N-dealkylation sites (tertiary alicyclic amines) is 1. The van der Waals surface area contributed by atoms with Crippen molar-refractivity contribution >= 4 is 12.1 Å². The molecule has 1 fully saturated rings. The zero-order valence-corrected chi connectivity index (χ0v) is 13.5. The molecule has 4 nitrogen and oxygen atoms in total. The summed E-state index contributed by atoms with van der Waals surface area (Å²) in [4.78, 5) is 15.0. The van der Waals surface area contributed by atoms with E-state index in [0.717, 1.165) is 48.7 Å². The fraction of sp³-hybridized carbons (Fsp3) is 0.263. The molecular weight excluding hydrogens is 326 g/mol. The molecule has 0 N–H and O–H groups in total. The topological polar surface area (TPSA) is 32.8 Å². The van der Waals surface area contributed by atoms with E-state index in [1.165, 1.54) is 6.07 Å². The van der Waals surface area contributed by atoms with E-state index in [1.54, 1.807) is 17.7 Å². The van der Waals surface area contributed by atoms with Gasteiger partial charge in [-0.25, -0.2) is 8.78 Å². The molecule has 2 aromatic carbocycles. The van der Waals surface area contributed by atoms with Gasteiger partial charge in [-0.3, -0.25) is 4.79 Å². The van der Waals surface area contributed by atoms with Crippen molar-refractivity contribution in [2.24, 2.45) is 0 Å². The summed E-state index contributed by atoms with van der Waals surface area (Å²) in [5, 5.41) is 0. The third-order valence-corrected chi connectivity index (χ3v) is 4.79. The summed E-state index contributed by atoms with van der Waals surface area (Å²) >= 11 is 0. The van der Waals surface area contributed by atoms with Crippen molar-refractivity contribution in [2.75, 3.05) is 11.4 Å². The van der Waals surface area contributed by atoms with Crippen LogP contribution >= 0.6 is 0 Å². The van der Waals surface area contributed by atoms with Gasteiger partial charge in [-0.2, -0.15) is 0 Å². The first-order valence-electron chi connectivity index (χ1n) is 8.20. The summed E-state index contributed by atoms with van der Waals surface area (Å²) < 4.78 is 32.5. The fourth-order valence-electron chi connectivity index (χ4n) is 3.58. The highest BCUT2D eigenvalue weighted by Crippen LogP contribution is 2.38. The minimum atomic E-state index is -0.877. The number of halogens is 2. The van der Waals surface area contributed by atoms with Gasteiger partial charge in [0, 0.05) is 17.8 Å². The summed E-state index contributed by atoms with van der Waals surface area (Å²) in [6, 6.07) is 9.58. The summed E-state index contributed by atoms with van der Waals surface area (Å²) in [6.07, 6.45) is 2.56. The SMILES string of the molecule is O=CN1CCCC1N1[CH]OCc2c(-c3ccc(F)c(F)c3)cccc21. The molecule has 25 heavy (non-hydrogen) atoms. The van der Waals surface area contributed by atoms with Gasteiger partial charge in [-0.05, 0) is 42.2 Å². The van der Waals surface area contributed by atoms with Crippen molar-refractivity contribution in [1.82, 2.24) is 4.90 Å². The lowest BCUT2D eigenvalue weighted by molar-refractivity contribution is -0.118. The van der Waals surface area contributed by atoms with Gasteiger partial charge in [0.05, 0.1) is 6.61 Å². The summed E-state index contributed by atoms with van der Waals surface area (Å²) in [7, 11) is 0. The molecule has 0 bridgehead atoms. The molecule has 0 saturated carbocycles. The molecule has 0 aromatic heterocycles. The largest absolute Gasteiger partial charge is 0.349 e. The van der Waals surface area contributed by atoms with Crippen molar-refractivity contribution in [2.45, 2.75) is 25.6 Å². The average molecular weight is 343 g/mol. The quantitative estimate of drug-likeness (QED) is 0.797. The van der Waals surface area contributed by atoms with Crippen LogP contribution in [0, 0.1) is 18.4 Å². The molecule has 2 aliphatic rings. The van der Waals surface area contributed by atoms with Crippen molar-refractivity contribution in [1.29, 1.82) is 0 Å². The molecule has 4 rings (SSSR count). The van der Waals surface area contributed by atoms with E-state index in [4.69, 9.17) is 4.74 Å². The molecule has 0 aliphatic carbocycles. The van der Waals surface area contributed by atoms with Gasteiger partial charge in [0.25, 0.3) is 0 Å². The Balaban J connectivity index is 1.76. The van der Waals surface area contributed by atoms with Gasteiger partial charge < -0.3 is 14.5 Å². The number of amides is 1. The number of nitrogens with zero attached hydrogens (tertiary/aromatic N) is 2. The van der Waals surface area contributed by atoms with Crippen LogP contribution < -0.4 is 4.90 Å². The van der Waals surface area contributed by atoms with Crippen LogP contribution in [0.3, 0.4) is 0 Å². The Bertz CT molecular complexity index is 812. The first-order chi connectivity index (χ1) is 12.2. The molecule has 0 spiro atoms. The molecule has 2 aromatic rings. The summed E-state index contributed by atoms with van der Waals surface area (Å²) in [5.41, 5.74) is 3.21. The fourth-order valence-corrected chi connectivity index (χ4v) is 3.58. The third kappa shape index (κ3) is 2.76. The highest BCUT2D eigenvalue weighted by molar-refractivity contribution is 5.75. The molecule has 1 saturated heterocycles. The van der Waals surface area contributed by atoms with E-state index >= 15 is 0 Å². The molecule has 1 atom stereocenters. The average Bonchev–Trinajstić information content (AvgIpc) is 3.11. The first kappa shape index (κ1) is 16.0. The molecular formula is C19H17F2N2O2. The van der Waals surface area contributed by atoms with Crippen LogP contribution in [-0.4, -0.2) is 24.0 Å². The maximum atomic E-state index is 13.6. The Kier molecular flexibility index (Phi) is 4.13. The normalized spacial score (nSPS) is 19.8. The second kappa shape index (κ2) is 6.44. The molecule has 6 heteroatoms. The minimum Gasteiger partial charge on any atom is -0.349 e. The van der Waals surface area contributed by atoms with Gasteiger partial charge in [0.15, 0.2) is 18.4 Å². The predicted octanol–water partition coefficient (Wildman–Crippen LogP) is 3.67. The number of rotatable bonds is 3. The number of hydrogen-bond donors (Lipinski definition) is 0. The Morgan fingerprint density at radius 1 is 1.16 bits per heavy atom. The van der Waals surface area contributed by atoms with Crippen molar-refractivity contribution < 1.29 is 18.3 Å². The number of hydrogen-bond acceptors (Lipinski definition) is 3. The van der Waals surface area contributed by atoms with E-state index in [0.29, 0.717) is 12.2 Å². The molecule has 129 valence electrons. The van der Waals surface area contributed by atoms with Crippen LogP contribution in [0.15, 0.2) is 36.4 Å². The third-order valence-electron chi connectivity index (χ3n) is 4.79. The predicted molar refractivity (Wildman–Crippen MR) is 89.2 cm³/mol.